The van der Waals surface area contributed by atoms with Crippen LogP contribution in [0.1, 0.15) is 23.1 Å². The molecule has 0 saturated carbocycles. The van der Waals surface area contributed by atoms with Crippen molar-refractivity contribution in [1.29, 1.82) is 0 Å². The van der Waals surface area contributed by atoms with Crippen molar-refractivity contribution in [3.05, 3.63) is 64.2 Å². The second-order valence-corrected chi connectivity index (χ2v) is 5.16. The predicted molar refractivity (Wildman–Crippen MR) is 73.6 cm³/mol. The lowest BCUT2D eigenvalue weighted by Crippen LogP contribution is -2.24. The molecule has 0 fully saturated rings. The van der Waals surface area contributed by atoms with Crippen LogP contribution in [0.4, 0.5) is 5.69 Å². The zero-order valence-electron chi connectivity index (χ0n) is 9.86. The van der Waals surface area contributed by atoms with E-state index in [2.05, 4.69) is 0 Å². The van der Waals surface area contributed by atoms with E-state index in [1.165, 1.54) is 0 Å². The van der Waals surface area contributed by atoms with Crippen LogP contribution in [0.2, 0.25) is 5.02 Å². The highest BCUT2D eigenvalue weighted by Crippen LogP contribution is 2.44. The van der Waals surface area contributed by atoms with Crippen LogP contribution in [-0.2, 0) is 12.0 Å². The maximum atomic E-state index is 11.0. The molecule has 1 aliphatic carbocycles. The highest BCUT2D eigenvalue weighted by molar-refractivity contribution is 6.31. The molecule has 0 spiro atoms. The minimum atomic E-state index is -0.985. The highest BCUT2D eigenvalue weighted by Gasteiger charge is 2.39. The molecule has 3 rings (SSSR count). The van der Waals surface area contributed by atoms with Crippen LogP contribution >= 0.6 is 11.6 Å². The zero-order valence-corrected chi connectivity index (χ0v) is 10.6. The van der Waals surface area contributed by atoms with Gasteiger partial charge in [-0.3, -0.25) is 0 Å². The van der Waals surface area contributed by atoms with E-state index in [9.17, 15) is 5.11 Å². The molecule has 3 N–H and O–H groups in total. The Kier molecular flexibility index (Phi) is 2.58. The van der Waals surface area contributed by atoms with Crippen LogP contribution in [0.3, 0.4) is 0 Å². The summed E-state index contributed by atoms with van der Waals surface area (Å²) in [7, 11) is 0. The lowest BCUT2D eigenvalue weighted by Gasteiger charge is -2.25. The Bertz CT molecular complexity index is 611. The number of nitrogen functional groups attached to an aromatic ring is 1. The molecular weight excluding hydrogens is 246 g/mol. The summed E-state index contributed by atoms with van der Waals surface area (Å²) in [6.45, 7) is 0. The van der Waals surface area contributed by atoms with E-state index in [4.69, 9.17) is 17.3 Å². The van der Waals surface area contributed by atoms with Gasteiger partial charge in [0.15, 0.2) is 0 Å². The number of anilines is 1. The van der Waals surface area contributed by atoms with Crippen molar-refractivity contribution in [3.8, 4) is 0 Å². The summed E-state index contributed by atoms with van der Waals surface area (Å²) in [5.74, 6) is 0. The molecule has 1 unspecified atom stereocenters. The van der Waals surface area contributed by atoms with Crippen molar-refractivity contribution in [2.75, 3.05) is 5.73 Å². The van der Waals surface area contributed by atoms with Gasteiger partial charge >= 0.3 is 0 Å². The number of hydrogen-bond acceptors (Lipinski definition) is 2. The van der Waals surface area contributed by atoms with E-state index in [1.54, 1.807) is 0 Å². The van der Waals surface area contributed by atoms with E-state index in [-0.39, 0.29) is 0 Å². The van der Waals surface area contributed by atoms with E-state index < -0.39 is 5.60 Å². The van der Waals surface area contributed by atoms with Crippen molar-refractivity contribution < 1.29 is 5.11 Å². The van der Waals surface area contributed by atoms with E-state index in [1.807, 2.05) is 42.5 Å². The average Bonchev–Trinajstić information content (AvgIpc) is 2.68. The summed E-state index contributed by atoms with van der Waals surface area (Å²) < 4.78 is 0. The van der Waals surface area contributed by atoms with Gasteiger partial charge in [0.1, 0.15) is 5.60 Å². The number of benzene rings is 2. The first-order valence-corrected chi connectivity index (χ1v) is 6.35. The summed E-state index contributed by atoms with van der Waals surface area (Å²) in [5, 5.41) is 11.6. The number of aryl methyl sites for hydroxylation is 1. The molecular formula is C15H14ClNO. The molecule has 3 heteroatoms. The summed E-state index contributed by atoms with van der Waals surface area (Å²) in [6.07, 6.45) is 1.47. The van der Waals surface area contributed by atoms with Gasteiger partial charge in [0, 0.05) is 16.3 Å². The fraction of sp³-hybridized carbons (Fsp3) is 0.200. The molecule has 0 aliphatic heterocycles. The molecule has 2 aromatic rings. The quantitative estimate of drug-likeness (QED) is 0.773. The van der Waals surface area contributed by atoms with Gasteiger partial charge in [-0.15, -0.1) is 0 Å². The van der Waals surface area contributed by atoms with Crippen molar-refractivity contribution in [2.45, 2.75) is 18.4 Å². The van der Waals surface area contributed by atoms with Gasteiger partial charge in [0.25, 0.3) is 0 Å². The molecule has 0 saturated heterocycles. The molecule has 0 amide bonds. The molecule has 0 aromatic heterocycles. The van der Waals surface area contributed by atoms with Gasteiger partial charge in [-0.05, 0) is 42.2 Å². The van der Waals surface area contributed by atoms with Crippen molar-refractivity contribution in [3.63, 3.8) is 0 Å². The Morgan fingerprint density at radius 3 is 2.67 bits per heavy atom. The molecule has 0 radical (unpaired) electrons. The third kappa shape index (κ3) is 1.61. The first kappa shape index (κ1) is 11.6. The molecule has 2 aromatic carbocycles. The summed E-state index contributed by atoms with van der Waals surface area (Å²) in [5.41, 5.74) is 8.33. The minimum absolute atomic E-state index is 0.602. The maximum Gasteiger partial charge on any atom is 0.117 e. The number of nitrogens with two attached hydrogens (primary N) is 1. The number of fused-ring (bicyclic) bond motifs is 1. The molecule has 2 nitrogen and oxygen atoms in total. The van der Waals surface area contributed by atoms with Gasteiger partial charge in [0.05, 0.1) is 0 Å². The third-order valence-corrected chi connectivity index (χ3v) is 3.98. The smallest absolute Gasteiger partial charge is 0.117 e. The Morgan fingerprint density at radius 1 is 1.11 bits per heavy atom. The van der Waals surface area contributed by atoms with Crippen molar-refractivity contribution in [2.24, 2.45) is 0 Å². The van der Waals surface area contributed by atoms with E-state index in [0.717, 1.165) is 28.8 Å². The van der Waals surface area contributed by atoms with Gasteiger partial charge in [0.2, 0.25) is 0 Å². The Labute approximate surface area is 111 Å². The third-order valence-electron chi connectivity index (χ3n) is 3.65. The zero-order chi connectivity index (χ0) is 12.8. The maximum absolute atomic E-state index is 11.0. The van der Waals surface area contributed by atoms with Gasteiger partial charge < -0.3 is 10.8 Å². The summed E-state index contributed by atoms with van der Waals surface area (Å²) >= 11 is 6.21. The Balaban J connectivity index is 2.18. The lowest BCUT2D eigenvalue weighted by molar-refractivity contribution is 0.0830. The van der Waals surface area contributed by atoms with E-state index in [0.29, 0.717) is 11.4 Å². The largest absolute Gasteiger partial charge is 0.399 e. The topological polar surface area (TPSA) is 46.2 Å². The standard InChI is InChI=1S/C15H14ClNO/c16-14-4-2-1-3-13(14)15(18)8-7-10-9-11(17)5-6-12(10)15/h1-6,9,18H,7-8,17H2. The van der Waals surface area contributed by atoms with Crippen molar-refractivity contribution >= 4 is 17.3 Å². The molecule has 0 bridgehead atoms. The fourth-order valence-corrected chi connectivity index (χ4v) is 3.04. The second kappa shape index (κ2) is 4.01. The number of hydrogen-bond donors (Lipinski definition) is 2. The number of halogens is 1. The van der Waals surface area contributed by atoms with Crippen LogP contribution in [0, 0.1) is 0 Å². The van der Waals surface area contributed by atoms with Crippen LogP contribution in [0.25, 0.3) is 0 Å². The molecule has 0 heterocycles. The van der Waals surface area contributed by atoms with Crippen molar-refractivity contribution in [1.82, 2.24) is 0 Å². The van der Waals surface area contributed by atoms with Crippen LogP contribution in [0.5, 0.6) is 0 Å². The molecule has 92 valence electrons. The highest BCUT2D eigenvalue weighted by atomic mass is 35.5. The number of aliphatic hydroxyl groups is 1. The van der Waals surface area contributed by atoms with Crippen LogP contribution in [0.15, 0.2) is 42.5 Å². The first-order valence-electron chi connectivity index (χ1n) is 5.97. The monoisotopic (exact) mass is 259 g/mol. The predicted octanol–water partition coefficient (Wildman–Crippen LogP) is 3.10. The fourth-order valence-electron chi connectivity index (χ4n) is 2.75. The van der Waals surface area contributed by atoms with Crippen LogP contribution < -0.4 is 5.73 Å². The summed E-state index contributed by atoms with van der Waals surface area (Å²) in [6, 6.07) is 13.1. The van der Waals surface area contributed by atoms with Gasteiger partial charge in [-0.2, -0.15) is 0 Å². The van der Waals surface area contributed by atoms with E-state index >= 15 is 0 Å². The number of rotatable bonds is 1. The molecule has 1 aliphatic rings. The molecule has 18 heavy (non-hydrogen) atoms. The average molecular weight is 260 g/mol. The van der Waals surface area contributed by atoms with Gasteiger partial charge in [-0.1, -0.05) is 35.9 Å². The SMILES string of the molecule is Nc1ccc2c(c1)CCC2(O)c1ccccc1Cl. The Hall–Kier alpha value is -1.51. The summed E-state index contributed by atoms with van der Waals surface area (Å²) in [4.78, 5) is 0. The Morgan fingerprint density at radius 2 is 1.89 bits per heavy atom. The normalized spacial score (nSPS) is 21.9. The lowest BCUT2D eigenvalue weighted by atomic mass is 9.88. The first-order chi connectivity index (χ1) is 8.61. The van der Waals surface area contributed by atoms with Gasteiger partial charge in [-0.25, -0.2) is 0 Å². The second-order valence-electron chi connectivity index (χ2n) is 4.76. The van der Waals surface area contributed by atoms with Crippen LogP contribution in [-0.4, -0.2) is 5.11 Å². The molecule has 1 atom stereocenters. The minimum Gasteiger partial charge on any atom is -0.399 e.